The normalized spacial score (nSPS) is 16.4. The number of anilines is 1. The van der Waals surface area contributed by atoms with Gasteiger partial charge in [0.05, 0.1) is 0 Å². The SMILES string of the molecule is CC1CCN(C(N)=NCCCC(=O)Nc2ccc(Cl)cc2)CC1. The monoisotopic (exact) mass is 336 g/mol. The highest BCUT2D eigenvalue weighted by Crippen LogP contribution is 2.16. The molecule has 23 heavy (non-hydrogen) atoms. The fraction of sp³-hybridized carbons (Fsp3) is 0.529. The summed E-state index contributed by atoms with van der Waals surface area (Å²) in [6.07, 6.45) is 3.44. The molecule has 1 heterocycles. The summed E-state index contributed by atoms with van der Waals surface area (Å²) in [5.74, 6) is 1.36. The minimum absolute atomic E-state index is 0.0205. The van der Waals surface area contributed by atoms with Gasteiger partial charge in [-0.1, -0.05) is 18.5 Å². The molecule has 1 fully saturated rings. The number of amides is 1. The molecule has 126 valence electrons. The molecule has 0 radical (unpaired) electrons. The highest BCUT2D eigenvalue weighted by molar-refractivity contribution is 6.30. The fourth-order valence-corrected chi connectivity index (χ4v) is 2.65. The van der Waals surface area contributed by atoms with E-state index in [9.17, 15) is 4.79 Å². The summed E-state index contributed by atoms with van der Waals surface area (Å²) in [5.41, 5.74) is 6.77. The van der Waals surface area contributed by atoms with E-state index in [1.165, 1.54) is 12.8 Å². The molecular formula is C17H25ClN4O. The first-order chi connectivity index (χ1) is 11.0. The summed E-state index contributed by atoms with van der Waals surface area (Å²) < 4.78 is 0. The zero-order valence-corrected chi connectivity index (χ0v) is 14.4. The van der Waals surface area contributed by atoms with Crippen LogP contribution in [0.3, 0.4) is 0 Å². The summed E-state index contributed by atoms with van der Waals surface area (Å²) in [6, 6.07) is 7.07. The number of hydrogen-bond donors (Lipinski definition) is 2. The number of carbonyl (C=O) groups is 1. The Labute approximate surface area is 142 Å². The number of likely N-dealkylation sites (tertiary alicyclic amines) is 1. The van der Waals surface area contributed by atoms with Gasteiger partial charge in [0, 0.05) is 36.8 Å². The van der Waals surface area contributed by atoms with Crippen molar-refractivity contribution in [2.24, 2.45) is 16.6 Å². The number of benzene rings is 1. The van der Waals surface area contributed by atoms with Crippen LogP contribution in [-0.2, 0) is 4.79 Å². The van der Waals surface area contributed by atoms with E-state index in [0.717, 1.165) is 24.7 Å². The number of guanidine groups is 1. The molecule has 0 aromatic heterocycles. The molecule has 0 aliphatic carbocycles. The van der Waals surface area contributed by atoms with Crippen LogP contribution in [-0.4, -0.2) is 36.4 Å². The lowest BCUT2D eigenvalue weighted by Gasteiger charge is -2.31. The van der Waals surface area contributed by atoms with E-state index in [0.29, 0.717) is 30.4 Å². The molecule has 5 nitrogen and oxygen atoms in total. The standard InChI is InChI=1S/C17H25ClN4O/c1-13-8-11-22(12-9-13)17(19)20-10-2-3-16(23)21-15-6-4-14(18)5-7-15/h4-7,13H,2-3,8-12H2,1H3,(H2,19,20)(H,21,23). The second-order valence-corrected chi connectivity index (χ2v) is 6.50. The van der Waals surface area contributed by atoms with Crippen molar-refractivity contribution in [3.8, 4) is 0 Å². The molecule has 1 amide bonds. The number of nitrogens with one attached hydrogen (secondary N) is 1. The van der Waals surface area contributed by atoms with Gasteiger partial charge in [0.15, 0.2) is 5.96 Å². The van der Waals surface area contributed by atoms with Crippen LogP contribution < -0.4 is 11.1 Å². The Kier molecular flexibility index (Phi) is 6.71. The molecule has 1 aromatic carbocycles. The maximum atomic E-state index is 11.8. The Hall–Kier alpha value is -1.75. The Morgan fingerprint density at radius 1 is 1.35 bits per heavy atom. The van der Waals surface area contributed by atoms with E-state index < -0.39 is 0 Å². The number of nitrogens with two attached hydrogens (primary N) is 1. The van der Waals surface area contributed by atoms with Crippen molar-refractivity contribution in [3.63, 3.8) is 0 Å². The first-order valence-electron chi connectivity index (χ1n) is 8.15. The second-order valence-electron chi connectivity index (χ2n) is 6.07. The van der Waals surface area contributed by atoms with Crippen molar-refractivity contribution in [3.05, 3.63) is 29.3 Å². The van der Waals surface area contributed by atoms with Crippen LogP contribution in [0, 0.1) is 5.92 Å². The van der Waals surface area contributed by atoms with E-state index in [-0.39, 0.29) is 5.91 Å². The van der Waals surface area contributed by atoms with Crippen molar-refractivity contribution >= 4 is 29.2 Å². The van der Waals surface area contributed by atoms with Gasteiger partial charge in [-0.05, 0) is 49.4 Å². The van der Waals surface area contributed by atoms with Crippen LogP contribution in [0.15, 0.2) is 29.3 Å². The summed E-state index contributed by atoms with van der Waals surface area (Å²) in [5, 5.41) is 3.49. The predicted octanol–water partition coefficient (Wildman–Crippen LogP) is 3.11. The molecular weight excluding hydrogens is 312 g/mol. The molecule has 6 heteroatoms. The Balaban J connectivity index is 1.66. The lowest BCUT2D eigenvalue weighted by atomic mass is 10.00. The number of halogens is 1. The highest BCUT2D eigenvalue weighted by Gasteiger charge is 2.16. The number of carbonyl (C=O) groups excluding carboxylic acids is 1. The Bertz CT molecular complexity index is 536. The summed E-state index contributed by atoms with van der Waals surface area (Å²) >= 11 is 5.81. The van der Waals surface area contributed by atoms with E-state index in [2.05, 4.69) is 22.1 Å². The first kappa shape index (κ1) is 17.6. The first-order valence-corrected chi connectivity index (χ1v) is 8.52. The van der Waals surface area contributed by atoms with Gasteiger partial charge in [-0.3, -0.25) is 9.79 Å². The van der Waals surface area contributed by atoms with Crippen molar-refractivity contribution in [1.82, 2.24) is 4.90 Å². The zero-order valence-electron chi connectivity index (χ0n) is 13.6. The minimum Gasteiger partial charge on any atom is -0.370 e. The van der Waals surface area contributed by atoms with Gasteiger partial charge < -0.3 is 16.0 Å². The fourth-order valence-electron chi connectivity index (χ4n) is 2.53. The van der Waals surface area contributed by atoms with Crippen LogP contribution in [0.5, 0.6) is 0 Å². The largest absolute Gasteiger partial charge is 0.370 e. The number of aliphatic imine (C=N–C) groups is 1. The molecule has 3 N–H and O–H groups in total. The second kappa shape index (κ2) is 8.77. The van der Waals surface area contributed by atoms with Crippen LogP contribution in [0.2, 0.25) is 5.02 Å². The van der Waals surface area contributed by atoms with Crippen LogP contribution in [0.1, 0.15) is 32.6 Å². The van der Waals surface area contributed by atoms with E-state index >= 15 is 0 Å². The maximum Gasteiger partial charge on any atom is 0.224 e. The average molecular weight is 337 g/mol. The van der Waals surface area contributed by atoms with E-state index in [4.69, 9.17) is 17.3 Å². The zero-order chi connectivity index (χ0) is 16.7. The van der Waals surface area contributed by atoms with Crippen LogP contribution in [0.4, 0.5) is 5.69 Å². The molecule has 1 aromatic rings. The third-order valence-corrected chi connectivity index (χ3v) is 4.32. The van der Waals surface area contributed by atoms with Gasteiger partial charge in [0.2, 0.25) is 5.91 Å². The van der Waals surface area contributed by atoms with Gasteiger partial charge in [-0.25, -0.2) is 0 Å². The van der Waals surface area contributed by atoms with Gasteiger partial charge in [-0.15, -0.1) is 0 Å². The van der Waals surface area contributed by atoms with Gasteiger partial charge in [0.1, 0.15) is 0 Å². The summed E-state index contributed by atoms with van der Waals surface area (Å²) in [7, 11) is 0. The molecule has 2 rings (SSSR count). The number of nitrogens with zero attached hydrogens (tertiary/aromatic N) is 2. The van der Waals surface area contributed by atoms with Crippen molar-refractivity contribution in [2.75, 3.05) is 25.0 Å². The number of hydrogen-bond acceptors (Lipinski definition) is 2. The molecule has 0 bridgehead atoms. The summed E-state index contributed by atoms with van der Waals surface area (Å²) in [6.45, 7) is 4.80. The van der Waals surface area contributed by atoms with Gasteiger partial charge in [0.25, 0.3) is 0 Å². The van der Waals surface area contributed by atoms with Crippen molar-refractivity contribution in [2.45, 2.75) is 32.6 Å². The average Bonchev–Trinajstić information content (AvgIpc) is 2.54. The minimum atomic E-state index is -0.0205. The van der Waals surface area contributed by atoms with E-state index in [1.807, 2.05) is 0 Å². The lowest BCUT2D eigenvalue weighted by Crippen LogP contribution is -2.42. The van der Waals surface area contributed by atoms with Crippen LogP contribution >= 0.6 is 11.6 Å². The molecule has 0 unspecified atom stereocenters. The maximum absolute atomic E-state index is 11.8. The molecule has 1 saturated heterocycles. The highest BCUT2D eigenvalue weighted by atomic mass is 35.5. The Morgan fingerprint density at radius 3 is 2.65 bits per heavy atom. The van der Waals surface area contributed by atoms with Crippen molar-refractivity contribution < 1.29 is 4.79 Å². The topological polar surface area (TPSA) is 70.7 Å². The smallest absolute Gasteiger partial charge is 0.224 e. The number of rotatable bonds is 5. The molecule has 1 aliphatic heterocycles. The molecule has 1 aliphatic rings. The van der Waals surface area contributed by atoms with E-state index in [1.54, 1.807) is 24.3 Å². The predicted molar refractivity (Wildman–Crippen MR) is 95.8 cm³/mol. The lowest BCUT2D eigenvalue weighted by molar-refractivity contribution is -0.116. The van der Waals surface area contributed by atoms with Crippen molar-refractivity contribution in [1.29, 1.82) is 0 Å². The third kappa shape index (κ3) is 6.10. The molecule has 0 atom stereocenters. The van der Waals surface area contributed by atoms with Gasteiger partial charge >= 0.3 is 0 Å². The Morgan fingerprint density at radius 2 is 2.00 bits per heavy atom. The quantitative estimate of drug-likeness (QED) is 0.493. The molecule has 0 spiro atoms. The third-order valence-electron chi connectivity index (χ3n) is 4.07. The van der Waals surface area contributed by atoms with Gasteiger partial charge in [-0.2, -0.15) is 0 Å². The molecule has 0 saturated carbocycles. The van der Waals surface area contributed by atoms with Crippen LogP contribution in [0.25, 0.3) is 0 Å². The number of piperidine rings is 1. The summed E-state index contributed by atoms with van der Waals surface area (Å²) in [4.78, 5) is 18.4.